The van der Waals surface area contributed by atoms with Crippen LogP contribution in [0.15, 0.2) is 109 Å². The van der Waals surface area contributed by atoms with E-state index in [9.17, 15) is 2.74 Å². The quantitative estimate of drug-likeness (QED) is 0.150. The Kier molecular flexibility index (Phi) is 8.17. The molecular weight excluding hydrogens is 836 g/mol. The summed E-state index contributed by atoms with van der Waals surface area (Å²) in [5.74, 6) is 0.0271. The van der Waals surface area contributed by atoms with Crippen molar-refractivity contribution in [2.24, 2.45) is 0 Å². The van der Waals surface area contributed by atoms with Crippen LogP contribution in [0.3, 0.4) is 0 Å². The molecule has 9 rings (SSSR count). The molecule has 0 spiro atoms. The van der Waals surface area contributed by atoms with E-state index in [-0.39, 0.29) is 21.1 Å². The summed E-state index contributed by atoms with van der Waals surface area (Å²) in [6, 6.07) is 41.4. The molecule has 0 N–H and O–H groups in total. The van der Waals surface area contributed by atoms with Crippen LogP contribution < -0.4 is 4.74 Å². The van der Waals surface area contributed by atoms with Crippen LogP contribution in [-0.2, 0) is 21.1 Å². The summed E-state index contributed by atoms with van der Waals surface area (Å²) in [4.78, 5) is 4.96. The van der Waals surface area contributed by atoms with E-state index in [1.54, 1.807) is 4.68 Å². The smallest absolute Gasteiger partial charge is 0.509 e. The van der Waals surface area contributed by atoms with Crippen molar-refractivity contribution in [1.82, 2.24) is 29.1 Å². The van der Waals surface area contributed by atoms with Crippen LogP contribution >= 0.6 is 0 Å². The zero-order valence-electron chi connectivity index (χ0n) is 32.3. The Morgan fingerprint density at radius 1 is 0.679 bits per heavy atom. The van der Waals surface area contributed by atoms with E-state index < -0.39 is 11.8 Å². The second kappa shape index (κ2) is 13.5. The first-order valence-electron chi connectivity index (χ1n) is 18.5. The fourth-order valence-electron chi connectivity index (χ4n) is 7.39. The molecule has 0 radical (unpaired) electrons. The van der Waals surface area contributed by atoms with Crippen molar-refractivity contribution in [2.75, 3.05) is 0 Å². The largest absolute Gasteiger partial charge is 2.00 e. The number of fused-ring (bicyclic) bond motifs is 6. The maximum atomic E-state index is 9.17. The van der Waals surface area contributed by atoms with Crippen molar-refractivity contribution in [3.8, 4) is 28.7 Å². The average Bonchev–Trinajstić information content (AvgIpc) is 3.79. The number of hydrogen-bond donors (Lipinski definition) is 0. The van der Waals surface area contributed by atoms with E-state index in [1.165, 1.54) is 0 Å². The van der Waals surface area contributed by atoms with E-state index in [0.717, 1.165) is 77.5 Å². The number of rotatable bonds is 7. The first kappa shape index (κ1) is 32.2. The maximum Gasteiger partial charge on any atom is 2.00 e. The number of para-hydroxylation sites is 3. The molecule has 0 fully saturated rings. The topological polar surface area (TPSA) is 62.7 Å². The molecule has 0 bridgehead atoms. The number of ether oxygens (including phenoxy) is 1. The van der Waals surface area contributed by atoms with Crippen LogP contribution in [0.5, 0.6) is 11.5 Å². The Bertz CT molecular complexity index is 2860. The summed E-state index contributed by atoms with van der Waals surface area (Å²) < 4.78 is 30.9. The molecule has 0 aliphatic heterocycles. The van der Waals surface area contributed by atoms with Gasteiger partial charge in [0.05, 0.1) is 28.1 Å². The van der Waals surface area contributed by atoms with Crippen molar-refractivity contribution in [1.29, 1.82) is 0 Å². The third-order valence-corrected chi connectivity index (χ3v) is 9.99. The van der Waals surface area contributed by atoms with Crippen molar-refractivity contribution < 1.29 is 28.5 Å². The standard InChI is InChI=1S/C45H38N6O.Pt/c1-27(2)35-15-10-17-39-40-18-11-16-36(28(3)4)45(40)49(44(35)39)31-22-23-46-43(25-31)50-41-19-8-7-14-37(41)38-21-20-34(26-42(38)50)52-33-13-9-12-32(24-33)51-30(6)29(5)47-48-51;/h7-23,25,27-28H,1-6H3;/q-2;+2/i27D,28D;. The molecule has 0 aliphatic rings. The van der Waals surface area contributed by atoms with Gasteiger partial charge in [0, 0.05) is 42.8 Å². The molecule has 4 heterocycles. The van der Waals surface area contributed by atoms with E-state index in [2.05, 4.69) is 68.0 Å². The van der Waals surface area contributed by atoms with Crippen LogP contribution in [0.4, 0.5) is 0 Å². The summed E-state index contributed by atoms with van der Waals surface area (Å²) >= 11 is 0. The second-order valence-electron chi connectivity index (χ2n) is 13.7. The molecular formula is C45H38N6OPt. The molecule has 0 saturated carbocycles. The molecule has 4 aromatic heterocycles. The van der Waals surface area contributed by atoms with Crippen LogP contribution in [0, 0.1) is 26.0 Å². The Hall–Kier alpha value is -5.52. The number of pyridine rings is 1. The van der Waals surface area contributed by atoms with Gasteiger partial charge < -0.3 is 13.9 Å². The first-order chi connectivity index (χ1) is 25.9. The monoisotopic (exact) mass is 875 g/mol. The van der Waals surface area contributed by atoms with Crippen molar-refractivity contribution in [3.63, 3.8) is 0 Å². The summed E-state index contributed by atoms with van der Waals surface area (Å²) in [6.45, 7) is 11.6. The van der Waals surface area contributed by atoms with Crippen LogP contribution in [0.1, 0.15) is 64.7 Å². The molecule has 53 heavy (non-hydrogen) atoms. The fraction of sp³-hybridized carbons (Fsp3) is 0.178. The third-order valence-electron chi connectivity index (χ3n) is 9.99. The number of aryl methyl sites for hydroxylation is 1. The minimum absolute atomic E-state index is 0. The van der Waals surface area contributed by atoms with Gasteiger partial charge in [-0.15, -0.1) is 40.8 Å². The van der Waals surface area contributed by atoms with E-state index in [4.69, 9.17) is 9.72 Å². The average molecular weight is 876 g/mol. The van der Waals surface area contributed by atoms with Crippen LogP contribution in [0.2, 0.25) is 0 Å². The molecule has 5 aromatic carbocycles. The van der Waals surface area contributed by atoms with Gasteiger partial charge in [-0.1, -0.05) is 93.0 Å². The summed E-state index contributed by atoms with van der Waals surface area (Å²) in [5.41, 5.74) is 8.96. The maximum absolute atomic E-state index is 9.17. The molecule has 0 aliphatic carbocycles. The molecule has 264 valence electrons. The number of nitrogens with zero attached hydrogens (tertiary/aromatic N) is 6. The van der Waals surface area contributed by atoms with Gasteiger partial charge in [0.15, 0.2) is 0 Å². The number of benzene rings is 5. The number of hydrogen-bond acceptors (Lipinski definition) is 4. The molecule has 8 heteroatoms. The van der Waals surface area contributed by atoms with Gasteiger partial charge in [-0.05, 0) is 60.0 Å². The molecule has 7 nitrogen and oxygen atoms in total. The van der Waals surface area contributed by atoms with Crippen molar-refractivity contribution in [3.05, 3.63) is 144 Å². The zero-order chi connectivity index (χ0) is 37.5. The van der Waals surface area contributed by atoms with Gasteiger partial charge >= 0.3 is 21.1 Å². The Labute approximate surface area is 325 Å². The normalized spacial score (nSPS) is 12.7. The minimum Gasteiger partial charge on any atom is -0.509 e. The zero-order valence-corrected chi connectivity index (χ0v) is 32.6. The first-order valence-corrected chi connectivity index (χ1v) is 17.5. The number of aromatic nitrogens is 6. The summed E-state index contributed by atoms with van der Waals surface area (Å²) in [6.07, 6.45) is 1.83. The molecule has 0 unspecified atom stereocenters. The van der Waals surface area contributed by atoms with Crippen LogP contribution in [-0.4, -0.2) is 29.1 Å². The van der Waals surface area contributed by atoms with E-state index in [1.807, 2.05) is 114 Å². The molecule has 0 amide bonds. The Morgan fingerprint density at radius 3 is 2.02 bits per heavy atom. The van der Waals surface area contributed by atoms with E-state index >= 15 is 0 Å². The van der Waals surface area contributed by atoms with Gasteiger partial charge in [-0.25, -0.2) is 9.67 Å². The SMILES string of the molecule is [2H]C(C)(C)c1cccc2c3cccc(C([2H])(C)C)c3n(-c3ccnc(-n4c5[c-]c(Oc6[c-]c(-n7nnc(C)c7C)ccc6)ccc5c5ccccc54)c3)c12.[Pt+2]. The van der Waals surface area contributed by atoms with Crippen molar-refractivity contribution in [2.45, 2.75) is 53.3 Å². The Morgan fingerprint density at radius 2 is 1.34 bits per heavy atom. The van der Waals surface area contributed by atoms with Crippen LogP contribution in [0.25, 0.3) is 60.8 Å². The van der Waals surface area contributed by atoms with Gasteiger partial charge in [0.2, 0.25) is 0 Å². The summed E-state index contributed by atoms with van der Waals surface area (Å²) in [5, 5.41) is 12.7. The molecule has 9 aromatic rings. The minimum atomic E-state index is -0.875. The van der Waals surface area contributed by atoms with E-state index in [0.29, 0.717) is 17.3 Å². The molecule has 0 saturated heterocycles. The fourth-order valence-corrected chi connectivity index (χ4v) is 7.39. The predicted molar refractivity (Wildman–Crippen MR) is 210 cm³/mol. The second-order valence-corrected chi connectivity index (χ2v) is 13.7. The van der Waals surface area contributed by atoms with Crippen molar-refractivity contribution >= 4 is 43.6 Å². The molecule has 0 atom stereocenters. The predicted octanol–water partition coefficient (Wildman–Crippen LogP) is 11.1. The van der Waals surface area contributed by atoms with Gasteiger partial charge in [0.1, 0.15) is 5.82 Å². The summed E-state index contributed by atoms with van der Waals surface area (Å²) in [7, 11) is 0. The third kappa shape index (κ3) is 5.66. The Balaban J connectivity index is 0.00000427. The van der Waals surface area contributed by atoms with Gasteiger partial charge in [0.25, 0.3) is 0 Å². The van der Waals surface area contributed by atoms with Gasteiger partial charge in [-0.3, -0.25) is 0 Å². The van der Waals surface area contributed by atoms with Gasteiger partial charge in [-0.2, -0.15) is 12.1 Å².